The molecule has 0 heterocycles. The summed E-state index contributed by atoms with van der Waals surface area (Å²) in [4.78, 5) is 0. The van der Waals surface area contributed by atoms with Crippen molar-refractivity contribution >= 4 is 47.0 Å². The van der Waals surface area contributed by atoms with E-state index in [9.17, 15) is 0 Å². The van der Waals surface area contributed by atoms with Crippen LogP contribution in [0.1, 0.15) is 66.2 Å². The second-order valence-electron chi connectivity index (χ2n) is 11.0. The third-order valence-corrected chi connectivity index (χ3v) is 14.0. The van der Waals surface area contributed by atoms with Crippen molar-refractivity contribution in [2.24, 2.45) is 33.5 Å². The van der Waals surface area contributed by atoms with Crippen LogP contribution in [0.3, 0.4) is 0 Å². The third-order valence-electron chi connectivity index (χ3n) is 9.96. The monoisotopic (exact) mass is 454 g/mol. The largest absolute Gasteiger partial charge is 0.165 e. The fourth-order valence-electron chi connectivity index (χ4n) is 7.72. The van der Waals surface area contributed by atoms with Gasteiger partial charge < -0.3 is 0 Å². The van der Waals surface area contributed by atoms with Crippen LogP contribution in [0.4, 0.5) is 0 Å². The number of rotatable bonds is 6. The summed E-state index contributed by atoms with van der Waals surface area (Å²) < 4.78 is 0. The maximum atomic E-state index is 3.62. The van der Waals surface area contributed by atoms with E-state index >= 15 is 0 Å². The van der Waals surface area contributed by atoms with Crippen LogP contribution in [-0.4, -0.2) is 34.5 Å². The average Bonchev–Trinajstić information content (AvgIpc) is 3.19. The van der Waals surface area contributed by atoms with Crippen LogP contribution in [0.2, 0.25) is 0 Å². The Balaban J connectivity index is 1.43. The lowest BCUT2D eigenvalue weighted by molar-refractivity contribution is 0.162. The highest BCUT2D eigenvalue weighted by molar-refractivity contribution is 8.07. The standard InChI is InChI=1S/C24H38S4/c1-21(2)17-7-9-23(21,15-25-5)19(13-17)27-11-12-28-20-14-18-8-10-24(20,16-26-6)22(18,3)4/h17-20H,7-10,13-16H2,1-6H3/t17-,18-,19-,20-,23-,24-/m1/s1. The molecule has 0 aromatic heterocycles. The zero-order chi connectivity index (χ0) is 20.2. The minimum absolute atomic E-state index is 0.500. The molecule has 4 heteroatoms. The molecule has 4 saturated carbocycles. The van der Waals surface area contributed by atoms with E-state index in [2.05, 4.69) is 74.2 Å². The van der Waals surface area contributed by atoms with E-state index < -0.39 is 0 Å². The molecule has 4 rings (SSSR count). The summed E-state index contributed by atoms with van der Waals surface area (Å²) in [5.74, 6) is 4.47. The summed E-state index contributed by atoms with van der Waals surface area (Å²) in [6, 6.07) is 0. The van der Waals surface area contributed by atoms with Gasteiger partial charge in [-0.05, 0) is 95.0 Å². The van der Waals surface area contributed by atoms with E-state index in [-0.39, 0.29) is 0 Å². The molecule has 4 aliphatic carbocycles. The van der Waals surface area contributed by atoms with E-state index in [0.717, 1.165) is 22.3 Å². The molecule has 0 aromatic carbocycles. The molecule has 6 atom stereocenters. The van der Waals surface area contributed by atoms with Crippen LogP contribution in [-0.2, 0) is 0 Å². The Morgan fingerprint density at radius 1 is 0.714 bits per heavy atom. The van der Waals surface area contributed by atoms with E-state index in [1.807, 2.05) is 23.5 Å². The second kappa shape index (κ2) is 7.83. The van der Waals surface area contributed by atoms with Crippen LogP contribution in [0.5, 0.6) is 0 Å². The molecule has 0 unspecified atom stereocenters. The molecule has 0 saturated heterocycles. The average molecular weight is 455 g/mol. The normalized spacial score (nSPS) is 44.6. The summed E-state index contributed by atoms with van der Waals surface area (Å²) in [6.45, 7) is 10.2. The molecular weight excluding hydrogens is 417 g/mol. The van der Waals surface area contributed by atoms with Crippen molar-refractivity contribution in [3.05, 3.63) is 0 Å². The molecule has 0 N–H and O–H groups in total. The van der Waals surface area contributed by atoms with Gasteiger partial charge in [-0.2, -0.15) is 23.5 Å². The van der Waals surface area contributed by atoms with Gasteiger partial charge in [0.05, 0.1) is 0 Å². The molecule has 158 valence electrons. The SMILES string of the molecule is CSC[C@]12CC[C@H](C[C@H]1SC#CS[C@@H]1C[C@H]3CC[C@]1(CSC)C3(C)C)C2(C)C. The maximum Gasteiger partial charge on any atom is 0.0243 e. The molecule has 28 heavy (non-hydrogen) atoms. The zero-order valence-electron chi connectivity index (χ0n) is 18.6. The molecular formula is C24H38S4. The van der Waals surface area contributed by atoms with Crippen LogP contribution in [0.15, 0.2) is 0 Å². The van der Waals surface area contributed by atoms with Crippen molar-refractivity contribution in [1.29, 1.82) is 0 Å². The number of hydrogen-bond donors (Lipinski definition) is 0. The fourth-order valence-corrected chi connectivity index (χ4v) is 13.2. The van der Waals surface area contributed by atoms with Gasteiger partial charge in [0.15, 0.2) is 0 Å². The van der Waals surface area contributed by atoms with Gasteiger partial charge in [-0.1, -0.05) is 51.2 Å². The predicted octanol–water partition coefficient (Wildman–Crippen LogP) is 7.49. The molecule has 0 aromatic rings. The Bertz CT molecular complexity index is 605. The molecule has 0 spiro atoms. The molecule has 0 amide bonds. The topological polar surface area (TPSA) is 0 Å². The summed E-state index contributed by atoms with van der Waals surface area (Å²) >= 11 is 8.12. The molecule has 0 radical (unpaired) electrons. The number of hydrogen-bond acceptors (Lipinski definition) is 4. The Kier molecular flexibility index (Phi) is 6.19. The highest BCUT2D eigenvalue weighted by atomic mass is 32.2. The first-order valence-corrected chi connectivity index (χ1v) is 15.6. The Morgan fingerprint density at radius 3 is 1.43 bits per heavy atom. The Morgan fingerprint density at radius 2 is 1.11 bits per heavy atom. The van der Waals surface area contributed by atoms with Crippen molar-refractivity contribution < 1.29 is 0 Å². The van der Waals surface area contributed by atoms with Crippen molar-refractivity contribution in [1.82, 2.24) is 0 Å². The molecule has 0 aliphatic heterocycles. The van der Waals surface area contributed by atoms with Crippen LogP contribution >= 0.6 is 47.0 Å². The first-order valence-electron chi connectivity index (χ1n) is 11.0. The number of fused-ring (bicyclic) bond motifs is 4. The molecule has 4 fully saturated rings. The lowest BCUT2D eigenvalue weighted by atomic mass is 9.70. The van der Waals surface area contributed by atoms with Gasteiger partial charge in [-0.3, -0.25) is 0 Å². The maximum absolute atomic E-state index is 3.62. The van der Waals surface area contributed by atoms with Gasteiger partial charge in [0.25, 0.3) is 0 Å². The summed E-state index contributed by atoms with van der Waals surface area (Å²) in [7, 11) is 0. The molecule has 4 bridgehead atoms. The van der Waals surface area contributed by atoms with Gasteiger partial charge in [0.2, 0.25) is 0 Å². The Labute approximate surface area is 191 Å². The summed E-state index contributed by atoms with van der Waals surface area (Å²) in [5.41, 5.74) is 2.02. The van der Waals surface area contributed by atoms with Gasteiger partial charge in [-0.25, -0.2) is 0 Å². The minimum Gasteiger partial charge on any atom is -0.165 e. The van der Waals surface area contributed by atoms with Crippen molar-refractivity contribution in [2.75, 3.05) is 24.0 Å². The van der Waals surface area contributed by atoms with Gasteiger partial charge >= 0.3 is 0 Å². The van der Waals surface area contributed by atoms with Crippen LogP contribution < -0.4 is 0 Å². The highest BCUT2D eigenvalue weighted by Gasteiger charge is 2.64. The second-order valence-corrected chi connectivity index (χ2v) is 14.7. The van der Waals surface area contributed by atoms with E-state index in [0.29, 0.717) is 21.7 Å². The molecule has 4 aliphatic rings. The zero-order valence-corrected chi connectivity index (χ0v) is 21.9. The van der Waals surface area contributed by atoms with Gasteiger partial charge in [0.1, 0.15) is 0 Å². The van der Waals surface area contributed by atoms with Crippen molar-refractivity contribution in [3.8, 4) is 10.5 Å². The number of thioether (sulfide) groups is 4. The highest BCUT2D eigenvalue weighted by Crippen LogP contribution is 2.70. The minimum atomic E-state index is 0.500. The van der Waals surface area contributed by atoms with E-state index in [1.54, 1.807) is 0 Å². The van der Waals surface area contributed by atoms with Crippen molar-refractivity contribution in [2.45, 2.75) is 76.7 Å². The smallest absolute Gasteiger partial charge is 0.0243 e. The summed E-state index contributed by atoms with van der Waals surface area (Å²) in [6.07, 6.45) is 13.1. The first kappa shape index (κ1) is 22.2. The van der Waals surface area contributed by atoms with Crippen LogP contribution in [0.25, 0.3) is 0 Å². The van der Waals surface area contributed by atoms with E-state index in [4.69, 9.17) is 0 Å². The third kappa shape index (κ3) is 2.99. The molecule has 0 nitrogen and oxygen atoms in total. The summed E-state index contributed by atoms with van der Waals surface area (Å²) in [5, 5.41) is 8.74. The lowest BCUT2D eigenvalue weighted by Gasteiger charge is -2.41. The van der Waals surface area contributed by atoms with Crippen LogP contribution in [0, 0.1) is 44.0 Å². The Hall–Kier alpha value is 0.960. The lowest BCUT2D eigenvalue weighted by Crippen LogP contribution is -2.39. The predicted molar refractivity (Wildman–Crippen MR) is 134 cm³/mol. The quantitative estimate of drug-likeness (QED) is 0.381. The van der Waals surface area contributed by atoms with Crippen molar-refractivity contribution in [3.63, 3.8) is 0 Å². The first-order chi connectivity index (χ1) is 13.2. The van der Waals surface area contributed by atoms with Gasteiger partial charge in [0, 0.05) is 22.0 Å². The van der Waals surface area contributed by atoms with E-state index in [1.165, 1.54) is 50.0 Å². The fraction of sp³-hybridized carbons (Fsp3) is 0.917. The van der Waals surface area contributed by atoms with Gasteiger partial charge in [-0.15, -0.1) is 0 Å².